The van der Waals surface area contributed by atoms with Gasteiger partial charge in [0.1, 0.15) is 5.75 Å². The first kappa shape index (κ1) is 12.8. The molecule has 0 fully saturated rings. The second-order valence-electron chi connectivity index (χ2n) is 3.65. The van der Waals surface area contributed by atoms with Crippen molar-refractivity contribution in [3.8, 4) is 5.75 Å². The highest BCUT2D eigenvalue weighted by Gasteiger charge is 2.30. The van der Waals surface area contributed by atoms with Crippen LogP contribution in [-0.2, 0) is 0 Å². The van der Waals surface area contributed by atoms with Gasteiger partial charge in [-0.25, -0.2) is 0 Å². The first-order chi connectivity index (χ1) is 7.33. The fraction of sp³-hybridized carbons (Fsp3) is 0.455. The normalized spacial score (nSPS) is 13.6. The Labute approximate surface area is 92.2 Å². The minimum Gasteiger partial charge on any atom is -0.496 e. The first-order valence-corrected chi connectivity index (χ1v) is 4.80. The predicted octanol–water partition coefficient (Wildman–Crippen LogP) is 2.96. The third kappa shape index (κ3) is 3.41. The van der Waals surface area contributed by atoms with Crippen molar-refractivity contribution in [2.75, 3.05) is 7.11 Å². The number of aryl methyl sites for hydroxylation is 1. The van der Waals surface area contributed by atoms with E-state index in [1.54, 1.807) is 25.1 Å². The monoisotopic (exact) mass is 233 g/mol. The number of hydrogen-bond donors (Lipinski definition) is 1. The maximum Gasteiger partial charge on any atom is 0.390 e. The summed E-state index contributed by atoms with van der Waals surface area (Å²) < 4.78 is 41.4. The zero-order valence-corrected chi connectivity index (χ0v) is 9.14. The Morgan fingerprint density at radius 1 is 1.38 bits per heavy atom. The largest absolute Gasteiger partial charge is 0.496 e. The van der Waals surface area contributed by atoms with E-state index in [0.29, 0.717) is 11.3 Å². The molecule has 0 radical (unpaired) electrons. The molecule has 0 saturated heterocycles. The molecule has 5 heteroatoms. The molecular formula is C11H14F3NO. The van der Waals surface area contributed by atoms with Gasteiger partial charge >= 0.3 is 6.18 Å². The Morgan fingerprint density at radius 2 is 2.00 bits per heavy atom. The molecule has 0 spiro atoms. The van der Waals surface area contributed by atoms with E-state index in [1.165, 1.54) is 7.11 Å². The van der Waals surface area contributed by atoms with Gasteiger partial charge in [0.2, 0.25) is 0 Å². The first-order valence-electron chi connectivity index (χ1n) is 4.80. The number of methoxy groups -OCH3 is 1. The highest BCUT2D eigenvalue weighted by atomic mass is 19.4. The molecule has 2 N–H and O–H groups in total. The van der Waals surface area contributed by atoms with Crippen molar-refractivity contribution in [2.24, 2.45) is 5.73 Å². The Balaban J connectivity index is 2.85. The number of hydrogen-bond acceptors (Lipinski definition) is 2. The number of ether oxygens (including phenoxy) is 1. The van der Waals surface area contributed by atoms with Crippen LogP contribution in [0.1, 0.15) is 23.6 Å². The van der Waals surface area contributed by atoms with E-state index in [4.69, 9.17) is 10.5 Å². The molecule has 0 aliphatic heterocycles. The number of nitrogens with two attached hydrogens (primary N) is 1. The molecular weight excluding hydrogens is 219 g/mol. The van der Waals surface area contributed by atoms with E-state index >= 15 is 0 Å². The van der Waals surface area contributed by atoms with Gasteiger partial charge in [-0.3, -0.25) is 0 Å². The Kier molecular flexibility index (Phi) is 3.80. The molecule has 1 rings (SSSR count). The highest BCUT2D eigenvalue weighted by Crippen LogP contribution is 2.29. The molecule has 0 aliphatic carbocycles. The molecule has 0 unspecified atom stereocenters. The number of alkyl halides is 3. The molecule has 0 bridgehead atoms. The molecule has 1 aromatic carbocycles. The van der Waals surface area contributed by atoms with Crippen molar-refractivity contribution in [2.45, 2.75) is 25.6 Å². The SMILES string of the molecule is COc1ccc([C@H](N)CC(F)(F)F)cc1C. The van der Waals surface area contributed by atoms with Crippen molar-refractivity contribution in [3.05, 3.63) is 29.3 Å². The average Bonchev–Trinajstić information content (AvgIpc) is 2.15. The fourth-order valence-corrected chi connectivity index (χ4v) is 1.50. The molecule has 90 valence electrons. The van der Waals surface area contributed by atoms with Crippen LogP contribution in [0.15, 0.2) is 18.2 Å². The lowest BCUT2D eigenvalue weighted by Gasteiger charge is -2.15. The summed E-state index contributed by atoms with van der Waals surface area (Å²) in [4.78, 5) is 0. The minimum atomic E-state index is -4.24. The summed E-state index contributed by atoms with van der Waals surface area (Å²) in [5.74, 6) is 0.642. The number of rotatable bonds is 3. The zero-order valence-electron chi connectivity index (χ0n) is 9.14. The van der Waals surface area contributed by atoms with Gasteiger partial charge in [0, 0.05) is 6.04 Å². The van der Waals surface area contributed by atoms with Gasteiger partial charge in [-0.1, -0.05) is 12.1 Å². The predicted molar refractivity (Wildman–Crippen MR) is 55.3 cm³/mol. The molecule has 1 aromatic rings. The van der Waals surface area contributed by atoms with Crippen LogP contribution in [0.5, 0.6) is 5.75 Å². The van der Waals surface area contributed by atoms with E-state index in [1.807, 2.05) is 0 Å². The summed E-state index contributed by atoms with van der Waals surface area (Å²) in [7, 11) is 1.51. The smallest absolute Gasteiger partial charge is 0.390 e. The van der Waals surface area contributed by atoms with Gasteiger partial charge in [0.05, 0.1) is 13.5 Å². The van der Waals surface area contributed by atoms with Crippen molar-refractivity contribution in [1.29, 1.82) is 0 Å². The van der Waals surface area contributed by atoms with Gasteiger partial charge in [-0.15, -0.1) is 0 Å². The topological polar surface area (TPSA) is 35.2 Å². The van der Waals surface area contributed by atoms with E-state index in [-0.39, 0.29) is 0 Å². The quantitative estimate of drug-likeness (QED) is 0.871. The maximum atomic E-state index is 12.1. The van der Waals surface area contributed by atoms with Crippen LogP contribution >= 0.6 is 0 Å². The lowest BCUT2D eigenvalue weighted by molar-refractivity contribution is -0.138. The van der Waals surface area contributed by atoms with Crippen molar-refractivity contribution >= 4 is 0 Å². The highest BCUT2D eigenvalue weighted by molar-refractivity contribution is 5.37. The maximum absolute atomic E-state index is 12.1. The second-order valence-corrected chi connectivity index (χ2v) is 3.65. The Hall–Kier alpha value is -1.23. The van der Waals surface area contributed by atoms with Gasteiger partial charge in [-0.2, -0.15) is 13.2 Å². The summed E-state index contributed by atoms with van der Waals surface area (Å²) in [6.45, 7) is 1.77. The fourth-order valence-electron chi connectivity index (χ4n) is 1.50. The second kappa shape index (κ2) is 4.74. The standard InChI is InChI=1S/C11H14F3NO/c1-7-5-8(3-4-10(7)16-2)9(15)6-11(12,13)14/h3-5,9H,6,15H2,1-2H3/t9-/m1/s1. The van der Waals surface area contributed by atoms with Crippen LogP contribution < -0.4 is 10.5 Å². The minimum absolute atomic E-state index is 0.468. The Morgan fingerprint density at radius 3 is 2.44 bits per heavy atom. The summed E-state index contributed by atoms with van der Waals surface area (Å²) in [5.41, 5.74) is 6.72. The van der Waals surface area contributed by atoms with Crippen LogP contribution in [0.3, 0.4) is 0 Å². The zero-order chi connectivity index (χ0) is 12.3. The summed E-state index contributed by atoms with van der Waals surface area (Å²) >= 11 is 0. The van der Waals surface area contributed by atoms with Crippen LogP contribution in [0, 0.1) is 6.92 Å². The number of benzene rings is 1. The van der Waals surface area contributed by atoms with E-state index < -0.39 is 18.6 Å². The van der Waals surface area contributed by atoms with Gasteiger partial charge < -0.3 is 10.5 Å². The number of halogens is 3. The van der Waals surface area contributed by atoms with Crippen molar-refractivity contribution in [1.82, 2.24) is 0 Å². The van der Waals surface area contributed by atoms with E-state index in [9.17, 15) is 13.2 Å². The summed E-state index contributed by atoms with van der Waals surface area (Å²) in [6, 6.07) is 3.78. The van der Waals surface area contributed by atoms with Crippen molar-refractivity contribution in [3.63, 3.8) is 0 Å². The van der Waals surface area contributed by atoms with Gasteiger partial charge in [-0.05, 0) is 24.1 Å². The molecule has 0 aliphatic rings. The third-order valence-corrected chi connectivity index (χ3v) is 2.30. The third-order valence-electron chi connectivity index (χ3n) is 2.30. The summed E-state index contributed by atoms with van der Waals surface area (Å²) in [5, 5.41) is 0. The van der Waals surface area contributed by atoms with Gasteiger partial charge in [0.15, 0.2) is 0 Å². The molecule has 1 atom stereocenters. The average molecular weight is 233 g/mol. The van der Waals surface area contributed by atoms with E-state index in [2.05, 4.69) is 0 Å². The van der Waals surface area contributed by atoms with Crippen LogP contribution in [-0.4, -0.2) is 13.3 Å². The molecule has 2 nitrogen and oxygen atoms in total. The molecule has 0 aromatic heterocycles. The van der Waals surface area contributed by atoms with Crippen LogP contribution in [0.2, 0.25) is 0 Å². The van der Waals surface area contributed by atoms with Crippen LogP contribution in [0.4, 0.5) is 13.2 Å². The van der Waals surface area contributed by atoms with Gasteiger partial charge in [0.25, 0.3) is 0 Å². The van der Waals surface area contributed by atoms with Crippen LogP contribution in [0.25, 0.3) is 0 Å². The van der Waals surface area contributed by atoms with E-state index in [0.717, 1.165) is 5.56 Å². The Bertz CT molecular complexity index is 363. The molecule has 0 amide bonds. The molecule has 0 saturated carbocycles. The molecule has 16 heavy (non-hydrogen) atoms. The lowest BCUT2D eigenvalue weighted by atomic mass is 10.0. The lowest BCUT2D eigenvalue weighted by Crippen LogP contribution is -2.20. The van der Waals surface area contributed by atoms with Crippen molar-refractivity contribution < 1.29 is 17.9 Å². The summed E-state index contributed by atoms with van der Waals surface area (Å²) in [6.07, 6.45) is -5.26. The molecule has 0 heterocycles.